The molecule has 1 unspecified atom stereocenters. The summed E-state index contributed by atoms with van der Waals surface area (Å²) in [6, 6.07) is 0. The molecule has 0 bridgehead atoms. The van der Waals surface area contributed by atoms with Gasteiger partial charge in [-0.2, -0.15) is 0 Å². The topological polar surface area (TPSA) is 52.6 Å². The molecule has 1 atom stereocenters. The average molecular weight is 441 g/mol. The lowest BCUT2D eigenvalue weighted by atomic mass is 9.82. The summed E-state index contributed by atoms with van der Waals surface area (Å²) >= 11 is 0. The Morgan fingerprint density at radius 3 is 1.52 bits per heavy atom. The van der Waals surface area contributed by atoms with E-state index in [-0.39, 0.29) is 12.0 Å². The Morgan fingerprint density at radius 2 is 1.13 bits per heavy atom. The van der Waals surface area contributed by atoms with Crippen LogP contribution in [-0.2, 0) is 19.1 Å². The second kappa shape index (κ2) is 18.5. The highest BCUT2D eigenvalue weighted by molar-refractivity contribution is 6.00. The molecule has 4 heteroatoms. The van der Waals surface area contributed by atoms with Gasteiger partial charge in [-0.25, -0.2) is 0 Å². The van der Waals surface area contributed by atoms with Gasteiger partial charge in [0.15, 0.2) is 5.41 Å². The summed E-state index contributed by atoms with van der Waals surface area (Å²) in [5.74, 6) is -0.598. The number of carbonyl (C=O) groups excluding carboxylic acids is 2. The van der Waals surface area contributed by atoms with Crippen LogP contribution >= 0.6 is 0 Å². The van der Waals surface area contributed by atoms with Crippen LogP contribution < -0.4 is 0 Å². The second-order valence-corrected chi connectivity index (χ2v) is 9.41. The fraction of sp³-hybridized carbons (Fsp3) is 0.926. The maximum absolute atomic E-state index is 12.9. The van der Waals surface area contributed by atoms with Crippen molar-refractivity contribution in [3.05, 3.63) is 0 Å². The van der Waals surface area contributed by atoms with Crippen LogP contribution in [0.15, 0.2) is 0 Å². The number of rotatable bonds is 20. The van der Waals surface area contributed by atoms with Crippen LogP contribution in [0.3, 0.4) is 0 Å². The van der Waals surface area contributed by atoms with Gasteiger partial charge in [0.2, 0.25) is 0 Å². The Kier molecular flexibility index (Phi) is 17.9. The lowest BCUT2D eigenvalue weighted by Crippen LogP contribution is -2.43. The van der Waals surface area contributed by atoms with E-state index in [2.05, 4.69) is 6.92 Å². The van der Waals surface area contributed by atoms with Crippen molar-refractivity contribution in [2.45, 2.75) is 144 Å². The largest absolute Gasteiger partial charge is 0.465 e. The smallest absolute Gasteiger partial charge is 0.323 e. The Labute approximate surface area is 193 Å². The molecular formula is C27H52O4. The quantitative estimate of drug-likeness (QED) is 0.109. The van der Waals surface area contributed by atoms with E-state index in [0.717, 1.165) is 19.3 Å². The molecule has 0 rings (SSSR count). The second-order valence-electron chi connectivity index (χ2n) is 9.41. The molecule has 0 amide bonds. The first kappa shape index (κ1) is 29.9. The van der Waals surface area contributed by atoms with Crippen molar-refractivity contribution in [3.8, 4) is 0 Å². The standard InChI is InChI=1S/C27H52O4/c1-7-11-12-13-14-15-16-17-18-19-20-21-22-30-25(28)27(9-3,10-4)26(29)31-24(8-2)23(5)6/h23-24H,7-22H2,1-6H3. The maximum atomic E-state index is 12.9. The van der Waals surface area contributed by atoms with Crippen LogP contribution in [0.4, 0.5) is 0 Å². The fourth-order valence-electron chi connectivity index (χ4n) is 4.10. The molecule has 4 nitrogen and oxygen atoms in total. The van der Waals surface area contributed by atoms with E-state index in [4.69, 9.17) is 9.47 Å². The Hall–Kier alpha value is -1.06. The molecule has 184 valence electrons. The van der Waals surface area contributed by atoms with Crippen LogP contribution in [-0.4, -0.2) is 24.6 Å². The zero-order valence-electron chi connectivity index (χ0n) is 21.6. The molecule has 0 aromatic rings. The van der Waals surface area contributed by atoms with Gasteiger partial charge >= 0.3 is 11.9 Å². The third-order valence-corrected chi connectivity index (χ3v) is 6.62. The fourth-order valence-corrected chi connectivity index (χ4v) is 4.10. The first-order valence-electron chi connectivity index (χ1n) is 13.3. The Morgan fingerprint density at radius 1 is 0.677 bits per heavy atom. The number of hydrogen-bond donors (Lipinski definition) is 0. The molecule has 0 aliphatic carbocycles. The predicted octanol–water partition coefficient (Wildman–Crippen LogP) is 8.01. The molecule has 0 spiro atoms. The summed E-state index contributed by atoms with van der Waals surface area (Å²) in [6.45, 7) is 12.5. The monoisotopic (exact) mass is 440 g/mol. The molecule has 0 saturated heterocycles. The molecule has 0 aromatic carbocycles. The van der Waals surface area contributed by atoms with Crippen LogP contribution in [0, 0.1) is 11.3 Å². The minimum Gasteiger partial charge on any atom is -0.465 e. The Balaban J connectivity index is 4.11. The van der Waals surface area contributed by atoms with Gasteiger partial charge in [-0.05, 0) is 31.6 Å². The Bertz CT molecular complexity index is 454. The minimum atomic E-state index is -1.17. The number of hydrogen-bond acceptors (Lipinski definition) is 4. The van der Waals surface area contributed by atoms with Gasteiger partial charge < -0.3 is 9.47 Å². The van der Waals surface area contributed by atoms with Crippen molar-refractivity contribution in [1.82, 2.24) is 0 Å². The van der Waals surface area contributed by atoms with E-state index < -0.39 is 17.4 Å². The SMILES string of the molecule is CCCCCCCCCCCCCCOC(=O)C(CC)(CC)C(=O)OC(CC)C(C)C. The third-order valence-electron chi connectivity index (χ3n) is 6.62. The average Bonchev–Trinajstić information content (AvgIpc) is 2.76. The van der Waals surface area contributed by atoms with E-state index in [1.54, 1.807) is 0 Å². The lowest BCUT2D eigenvalue weighted by Gasteiger charge is -2.30. The molecule has 0 aliphatic heterocycles. The molecular weight excluding hydrogens is 388 g/mol. The summed E-state index contributed by atoms with van der Waals surface area (Å²) in [4.78, 5) is 25.6. The first-order chi connectivity index (χ1) is 14.9. The molecule has 0 saturated carbocycles. The van der Waals surface area contributed by atoms with Gasteiger partial charge in [0, 0.05) is 0 Å². The van der Waals surface area contributed by atoms with Crippen LogP contribution in [0.5, 0.6) is 0 Å². The molecule has 31 heavy (non-hydrogen) atoms. The minimum absolute atomic E-state index is 0.158. The van der Waals surface area contributed by atoms with Crippen molar-refractivity contribution < 1.29 is 19.1 Å². The van der Waals surface area contributed by atoms with E-state index in [9.17, 15) is 9.59 Å². The van der Waals surface area contributed by atoms with E-state index >= 15 is 0 Å². The van der Waals surface area contributed by atoms with Crippen LogP contribution in [0.25, 0.3) is 0 Å². The van der Waals surface area contributed by atoms with Crippen molar-refractivity contribution in [1.29, 1.82) is 0 Å². The van der Waals surface area contributed by atoms with Gasteiger partial charge in [0.05, 0.1) is 6.61 Å². The normalized spacial score (nSPS) is 12.7. The van der Waals surface area contributed by atoms with Crippen molar-refractivity contribution in [3.63, 3.8) is 0 Å². The number of ether oxygens (including phenoxy) is 2. The summed E-state index contributed by atoms with van der Waals surface area (Å²) in [5.41, 5.74) is -1.17. The van der Waals surface area contributed by atoms with E-state index in [0.29, 0.717) is 19.4 Å². The summed E-state index contributed by atoms with van der Waals surface area (Å²) in [6.07, 6.45) is 16.7. The zero-order valence-corrected chi connectivity index (χ0v) is 21.6. The van der Waals surface area contributed by atoms with Gasteiger partial charge in [-0.3, -0.25) is 9.59 Å². The summed E-state index contributed by atoms with van der Waals surface area (Å²) < 4.78 is 11.2. The summed E-state index contributed by atoms with van der Waals surface area (Å²) in [5, 5.41) is 0. The number of carbonyl (C=O) groups is 2. The van der Waals surface area contributed by atoms with Crippen molar-refractivity contribution >= 4 is 11.9 Å². The molecule has 0 aromatic heterocycles. The highest BCUT2D eigenvalue weighted by Gasteiger charge is 2.46. The molecule has 0 N–H and O–H groups in total. The molecule has 0 aliphatic rings. The highest BCUT2D eigenvalue weighted by atomic mass is 16.6. The number of unbranched alkanes of at least 4 members (excludes halogenated alkanes) is 11. The predicted molar refractivity (Wildman–Crippen MR) is 130 cm³/mol. The highest BCUT2D eigenvalue weighted by Crippen LogP contribution is 2.31. The van der Waals surface area contributed by atoms with Gasteiger partial charge in [0.1, 0.15) is 6.10 Å². The van der Waals surface area contributed by atoms with Crippen LogP contribution in [0.1, 0.15) is 138 Å². The van der Waals surface area contributed by atoms with Gasteiger partial charge in [-0.1, -0.05) is 112 Å². The third kappa shape index (κ3) is 11.9. The van der Waals surface area contributed by atoms with Gasteiger partial charge in [-0.15, -0.1) is 0 Å². The van der Waals surface area contributed by atoms with Crippen molar-refractivity contribution in [2.75, 3.05) is 6.61 Å². The number of esters is 2. The molecule has 0 radical (unpaired) electrons. The molecule has 0 heterocycles. The molecule has 0 fully saturated rings. The first-order valence-corrected chi connectivity index (χ1v) is 13.3. The van der Waals surface area contributed by atoms with Crippen LogP contribution in [0.2, 0.25) is 0 Å². The zero-order chi connectivity index (χ0) is 23.5. The van der Waals surface area contributed by atoms with Gasteiger partial charge in [0.25, 0.3) is 0 Å². The lowest BCUT2D eigenvalue weighted by molar-refractivity contribution is -0.178. The van der Waals surface area contributed by atoms with E-state index in [1.165, 1.54) is 64.2 Å². The van der Waals surface area contributed by atoms with E-state index in [1.807, 2.05) is 34.6 Å². The maximum Gasteiger partial charge on any atom is 0.323 e. The summed E-state index contributed by atoms with van der Waals surface area (Å²) in [7, 11) is 0. The van der Waals surface area contributed by atoms with Crippen molar-refractivity contribution in [2.24, 2.45) is 11.3 Å².